The zero-order valence-electron chi connectivity index (χ0n) is 24.2. The number of fused-ring (bicyclic) bond motifs is 9. The van der Waals surface area contributed by atoms with Crippen LogP contribution in [-0.2, 0) is 22.4 Å². The van der Waals surface area contributed by atoms with Gasteiger partial charge in [-0.25, -0.2) is 4.90 Å². The van der Waals surface area contributed by atoms with Gasteiger partial charge in [-0.05, 0) is 67.0 Å². The number of thioether (sulfide) groups is 1. The Morgan fingerprint density at radius 2 is 1.74 bits per heavy atom. The molecule has 6 unspecified atom stereocenters. The molecule has 1 N–H and O–H groups in total. The molecule has 3 heterocycles. The Labute approximate surface area is 278 Å². The van der Waals surface area contributed by atoms with Gasteiger partial charge in [-0.3, -0.25) is 14.4 Å². The smallest absolute Gasteiger partial charge is 0.418 e. The number of anilines is 1. The molecule has 2 aliphatic carbocycles. The van der Waals surface area contributed by atoms with Gasteiger partial charge in [-0.1, -0.05) is 69.2 Å². The number of carbonyl (C=O) groups excluding carboxylic acids is 2. The Hall–Kier alpha value is -3.35. The van der Waals surface area contributed by atoms with E-state index in [1.807, 2.05) is 43.3 Å². The molecular formula is C34H26BrF3N2O4S2. The summed E-state index contributed by atoms with van der Waals surface area (Å²) < 4.78 is 49.3. The summed E-state index contributed by atoms with van der Waals surface area (Å²) in [5.41, 5.74) is 1.58. The Bertz CT molecular complexity index is 1980. The number of thiazole rings is 1. The quantitative estimate of drug-likeness (QED) is 0.213. The maximum atomic E-state index is 14.1. The zero-order chi connectivity index (χ0) is 32.1. The minimum atomic E-state index is -4.72. The summed E-state index contributed by atoms with van der Waals surface area (Å²) in [4.78, 5) is 45.2. The number of imide groups is 1. The van der Waals surface area contributed by atoms with Crippen LogP contribution in [0.1, 0.15) is 39.5 Å². The summed E-state index contributed by atoms with van der Waals surface area (Å²) in [6, 6.07) is 18.6. The number of ether oxygens (including phenoxy) is 1. The van der Waals surface area contributed by atoms with E-state index in [-0.39, 0.29) is 33.8 Å². The second-order valence-electron chi connectivity index (χ2n) is 12.4. The van der Waals surface area contributed by atoms with Gasteiger partial charge in [0.2, 0.25) is 11.8 Å². The normalized spacial score (nSPS) is 27.9. The fourth-order valence-corrected chi connectivity index (χ4v) is 11.6. The van der Waals surface area contributed by atoms with Crippen LogP contribution in [0, 0.1) is 36.5 Å². The topological polar surface area (TPSA) is 79.5 Å². The third kappa shape index (κ3) is 4.62. The lowest BCUT2D eigenvalue weighted by Gasteiger charge is -2.43. The summed E-state index contributed by atoms with van der Waals surface area (Å²) in [5.74, 6) is -2.86. The second kappa shape index (κ2) is 10.8. The fraction of sp³-hybridized carbons (Fsp3) is 0.324. The van der Waals surface area contributed by atoms with Gasteiger partial charge in [0, 0.05) is 26.1 Å². The van der Waals surface area contributed by atoms with Crippen molar-refractivity contribution in [3.8, 4) is 5.75 Å². The molecule has 7 atom stereocenters. The van der Waals surface area contributed by atoms with E-state index in [4.69, 9.17) is 4.74 Å². The van der Waals surface area contributed by atoms with E-state index >= 15 is 0 Å². The third-order valence-corrected chi connectivity index (χ3v) is 13.0. The summed E-state index contributed by atoms with van der Waals surface area (Å²) >= 11 is 6.29. The Balaban J connectivity index is 1.20. The summed E-state index contributed by atoms with van der Waals surface area (Å²) in [7, 11) is 0. The number of nitrogens with zero attached hydrogens (tertiary/aromatic N) is 1. The highest BCUT2D eigenvalue weighted by molar-refractivity contribution is 9.10. The summed E-state index contributed by atoms with van der Waals surface area (Å²) in [5, 5.41) is 0.623. The number of amides is 2. The van der Waals surface area contributed by atoms with Gasteiger partial charge in [0.05, 0.1) is 28.1 Å². The Morgan fingerprint density at radius 3 is 2.50 bits per heavy atom. The van der Waals surface area contributed by atoms with Crippen LogP contribution in [-0.4, -0.2) is 22.0 Å². The number of rotatable bonds is 5. The zero-order valence-corrected chi connectivity index (χ0v) is 27.4. The summed E-state index contributed by atoms with van der Waals surface area (Å²) in [6.07, 6.45) is -4.11. The van der Waals surface area contributed by atoms with Gasteiger partial charge in [-0.2, -0.15) is 13.2 Å². The number of hydrogen-bond donors (Lipinski definition) is 1. The largest absolute Gasteiger partial charge is 0.489 e. The number of benzene rings is 3. The first kappa shape index (κ1) is 30.0. The molecule has 0 radical (unpaired) electrons. The van der Waals surface area contributed by atoms with Crippen molar-refractivity contribution in [3.05, 3.63) is 108 Å². The van der Waals surface area contributed by atoms with E-state index in [0.717, 1.165) is 53.4 Å². The minimum Gasteiger partial charge on any atom is -0.489 e. The predicted octanol–water partition coefficient (Wildman–Crippen LogP) is 7.78. The molecule has 3 fully saturated rings. The van der Waals surface area contributed by atoms with Crippen LogP contribution in [0.4, 0.5) is 18.9 Å². The van der Waals surface area contributed by atoms with Crippen LogP contribution in [0.3, 0.4) is 0 Å². The molecule has 0 spiro atoms. The van der Waals surface area contributed by atoms with Crippen LogP contribution in [0.5, 0.6) is 5.75 Å². The molecule has 1 saturated heterocycles. The van der Waals surface area contributed by atoms with E-state index in [1.54, 1.807) is 0 Å². The molecule has 2 amide bonds. The van der Waals surface area contributed by atoms with Crippen molar-refractivity contribution in [1.82, 2.24) is 4.98 Å². The van der Waals surface area contributed by atoms with Crippen molar-refractivity contribution in [2.75, 3.05) is 4.90 Å². The predicted molar refractivity (Wildman–Crippen MR) is 172 cm³/mol. The van der Waals surface area contributed by atoms with Crippen molar-refractivity contribution >= 4 is 56.5 Å². The van der Waals surface area contributed by atoms with E-state index < -0.39 is 41.1 Å². The standard InChI is InChI=1S/C34H26BrF3N2O4S2/c1-15-5-4-6-16(11-15)14-44-23-10-9-17(35)12-18(23)24-25-19-13-20(28(25)45-30-29(24)46-33(43)39-30)27-26(19)31(41)40(32(27)42)22-8-3-2-7-21(22)34(36,37)38/h2-12,19-20,24-28H,13-14H2,1H3,(H,39,43)/t19?,20?,24-,25?,26?,27?,28?/m1/s1. The molecule has 3 aromatic carbocycles. The van der Waals surface area contributed by atoms with Gasteiger partial charge in [-0.15, -0.1) is 11.8 Å². The van der Waals surface area contributed by atoms with Gasteiger partial charge < -0.3 is 9.72 Å². The lowest BCUT2D eigenvalue weighted by Crippen LogP contribution is -2.42. The first-order valence-corrected chi connectivity index (χ1v) is 17.4. The number of aromatic nitrogens is 1. The van der Waals surface area contributed by atoms with Gasteiger partial charge in [0.15, 0.2) is 0 Å². The average molecular weight is 728 g/mol. The highest BCUT2D eigenvalue weighted by Crippen LogP contribution is 2.69. The number of hydrogen-bond acceptors (Lipinski definition) is 6. The molecule has 8 rings (SSSR count). The highest BCUT2D eigenvalue weighted by atomic mass is 79.9. The molecular weight excluding hydrogens is 701 g/mol. The molecule has 2 aliphatic heterocycles. The van der Waals surface area contributed by atoms with Crippen LogP contribution >= 0.6 is 39.0 Å². The first-order chi connectivity index (χ1) is 22.0. The third-order valence-electron chi connectivity index (χ3n) is 9.96. The SMILES string of the molecule is Cc1cccc(COc2ccc(Br)cc2[C@H]2c3sc(=O)[nH]c3SC3C4CC(C5C(=O)N(c6ccccc6C(F)(F)F)C(=O)C45)C32)c1. The summed E-state index contributed by atoms with van der Waals surface area (Å²) in [6.45, 7) is 2.35. The van der Waals surface area contributed by atoms with Gasteiger partial charge in [0.1, 0.15) is 12.4 Å². The molecule has 46 heavy (non-hydrogen) atoms. The molecule has 2 saturated carbocycles. The number of para-hydroxylation sites is 1. The van der Waals surface area contributed by atoms with Crippen LogP contribution in [0.15, 0.2) is 81.0 Å². The van der Waals surface area contributed by atoms with Crippen molar-refractivity contribution < 1.29 is 27.5 Å². The molecule has 12 heteroatoms. The second-order valence-corrected chi connectivity index (χ2v) is 15.6. The number of nitrogens with one attached hydrogen (secondary N) is 1. The molecule has 4 aromatic rings. The monoisotopic (exact) mass is 726 g/mol. The van der Waals surface area contributed by atoms with E-state index in [2.05, 4.69) is 27.0 Å². The number of halogens is 4. The van der Waals surface area contributed by atoms with E-state index in [0.29, 0.717) is 18.8 Å². The van der Waals surface area contributed by atoms with Crippen molar-refractivity contribution in [2.45, 2.75) is 42.3 Å². The number of carbonyl (C=O) groups is 2. The number of H-pyrrole nitrogens is 1. The maximum absolute atomic E-state index is 14.1. The molecule has 4 aliphatic rings. The van der Waals surface area contributed by atoms with Gasteiger partial charge in [0.25, 0.3) is 0 Å². The highest BCUT2D eigenvalue weighted by Gasteiger charge is 2.70. The Morgan fingerprint density at radius 1 is 0.978 bits per heavy atom. The van der Waals surface area contributed by atoms with Crippen LogP contribution in [0.25, 0.3) is 0 Å². The maximum Gasteiger partial charge on any atom is 0.418 e. The van der Waals surface area contributed by atoms with Crippen LogP contribution < -0.4 is 14.5 Å². The molecule has 2 bridgehead atoms. The molecule has 6 nitrogen and oxygen atoms in total. The number of alkyl halides is 3. The van der Waals surface area contributed by atoms with E-state index in [9.17, 15) is 27.6 Å². The van der Waals surface area contributed by atoms with E-state index in [1.165, 1.54) is 30.0 Å². The van der Waals surface area contributed by atoms with Crippen LogP contribution in [0.2, 0.25) is 0 Å². The average Bonchev–Trinajstić information content (AvgIpc) is 3.75. The Kier molecular flexibility index (Phi) is 7.08. The number of aryl methyl sites for hydroxylation is 1. The minimum absolute atomic E-state index is 0.118. The van der Waals surface area contributed by atoms with Crippen molar-refractivity contribution in [3.63, 3.8) is 0 Å². The lowest BCUT2D eigenvalue weighted by molar-refractivity contribution is -0.137. The number of aromatic amines is 1. The van der Waals surface area contributed by atoms with Crippen molar-refractivity contribution in [2.24, 2.45) is 29.6 Å². The first-order valence-electron chi connectivity index (χ1n) is 14.9. The van der Waals surface area contributed by atoms with Gasteiger partial charge >= 0.3 is 11.0 Å². The molecule has 1 aromatic heterocycles. The lowest BCUT2D eigenvalue weighted by atomic mass is 9.68. The molecule has 236 valence electrons. The fourth-order valence-electron chi connectivity index (χ4n) is 8.37. The van der Waals surface area contributed by atoms with Crippen molar-refractivity contribution in [1.29, 1.82) is 0 Å².